The smallest absolute Gasteiger partial charge is 0.267 e. The number of hydrogen-bond acceptors (Lipinski definition) is 5. The Labute approximate surface area is 153 Å². The van der Waals surface area contributed by atoms with E-state index in [1.807, 2.05) is 18.2 Å². The predicted molar refractivity (Wildman–Crippen MR) is 101 cm³/mol. The molecule has 0 radical (unpaired) electrons. The zero-order valence-electron chi connectivity index (χ0n) is 14.4. The molecule has 0 saturated carbocycles. The van der Waals surface area contributed by atoms with Gasteiger partial charge in [-0.2, -0.15) is 0 Å². The molecule has 0 bridgehead atoms. The molecule has 27 heavy (non-hydrogen) atoms. The summed E-state index contributed by atoms with van der Waals surface area (Å²) in [4.78, 5) is 21.9. The van der Waals surface area contributed by atoms with Gasteiger partial charge < -0.3 is 10.1 Å². The third-order valence-electron chi connectivity index (χ3n) is 4.07. The summed E-state index contributed by atoms with van der Waals surface area (Å²) in [6.45, 7) is 0. The molecule has 0 unspecified atom stereocenters. The Morgan fingerprint density at radius 3 is 2.67 bits per heavy atom. The first-order chi connectivity index (χ1) is 13.2. The monoisotopic (exact) mass is 362 g/mol. The van der Waals surface area contributed by atoms with E-state index >= 15 is 0 Å². The topological polar surface area (TPSA) is 69.0 Å². The average molecular weight is 362 g/mol. The fraction of sp³-hybridized carbons (Fsp3) is 0.0500. The lowest BCUT2D eigenvalue weighted by molar-refractivity contribution is 0.415. The highest BCUT2D eigenvalue weighted by Crippen LogP contribution is 2.25. The van der Waals surface area contributed by atoms with Gasteiger partial charge in [-0.1, -0.05) is 18.2 Å². The van der Waals surface area contributed by atoms with Crippen LogP contribution in [0.25, 0.3) is 16.6 Å². The average Bonchev–Trinajstić information content (AvgIpc) is 2.70. The number of halogens is 1. The summed E-state index contributed by atoms with van der Waals surface area (Å²) in [5, 5.41) is 3.25. The lowest BCUT2D eigenvalue weighted by Gasteiger charge is -2.15. The number of aromatic nitrogens is 3. The number of nitrogens with zero attached hydrogens (tertiary/aromatic N) is 3. The molecule has 134 valence electrons. The molecule has 7 heteroatoms. The van der Waals surface area contributed by atoms with Gasteiger partial charge in [-0.25, -0.2) is 18.9 Å². The Morgan fingerprint density at radius 2 is 1.89 bits per heavy atom. The number of fused-ring (bicyclic) bond motifs is 1. The Hall–Kier alpha value is -3.74. The molecule has 0 spiro atoms. The van der Waals surface area contributed by atoms with Crippen LogP contribution in [0.5, 0.6) is 5.75 Å². The van der Waals surface area contributed by atoms with Gasteiger partial charge in [0.15, 0.2) is 11.6 Å². The van der Waals surface area contributed by atoms with Crippen molar-refractivity contribution in [3.63, 3.8) is 0 Å². The van der Waals surface area contributed by atoms with Crippen LogP contribution in [-0.2, 0) is 0 Å². The van der Waals surface area contributed by atoms with Gasteiger partial charge in [0.2, 0.25) is 5.95 Å². The summed E-state index contributed by atoms with van der Waals surface area (Å²) < 4.78 is 20.4. The molecule has 4 aromatic rings. The van der Waals surface area contributed by atoms with Crippen molar-refractivity contribution in [2.75, 3.05) is 12.4 Å². The fourth-order valence-electron chi connectivity index (χ4n) is 2.81. The van der Waals surface area contributed by atoms with Crippen LogP contribution < -0.4 is 15.6 Å². The summed E-state index contributed by atoms with van der Waals surface area (Å²) in [5.74, 6) is 0.680. The molecule has 0 amide bonds. The van der Waals surface area contributed by atoms with Gasteiger partial charge in [0, 0.05) is 6.20 Å². The summed E-state index contributed by atoms with van der Waals surface area (Å²) >= 11 is 0. The molecule has 6 nitrogen and oxygen atoms in total. The molecule has 2 aromatic carbocycles. The normalized spacial score (nSPS) is 10.7. The van der Waals surface area contributed by atoms with E-state index in [2.05, 4.69) is 15.3 Å². The fourth-order valence-corrected chi connectivity index (χ4v) is 2.81. The molecule has 1 N–H and O–H groups in total. The Kier molecular flexibility index (Phi) is 4.25. The second-order valence-electron chi connectivity index (χ2n) is 5.75. The predicted octanol–water partition coefficient (Wildman–Crippen LogP) is 3.67. The third kappa shape index (κ3) is 3.10. The van der Waals surface area contributed by atoms with Gasteiger partial charge in [0.1, 0.15) is 5.82 Å². The van der Waals surface area contributed by atoms with E-state index in [-0.39, 0.29) is 16.9 Å². The molecule has 2 aromatic heterocycles. The summed E-state index contributed by atoms with van der Waals surface area (Å²) in [5.41, 5.74) is 0.590. The Morgan fingerprint density at radius 1 is 1.07 bits per heavy atom. The zero-order chi connectivity index (χ0) is 18.8. The minimum atomic E-state index is -0.492. The molecule has 2 heterocycles. The first kappa shape index (κ1) is 16.7. The molecule has 4 rings (SSSR count). The van der Waals surface area contributed by atoms with E-state index in [0.29, 0.717) is 22.8 Å². The second-order valence-corrected chi connectivity index (χ2v) is 5.75. The van der Waals surface area contributed by atoms with Crippen molar-refractivity contribution in [3.05, 3.63) is 83.0 Å². The summed E-state index contributed by atoms with van der Waals surface area (Å²) in [6, 6.07) is 16.4. The lowest BCUT2D eigenvalue weighted by atomic mass is 10.2. The third-order valence-corrected chi connectivity index (χ3v) is 4.07. The van der Waals surface area contributed by atoms with Gasteiger partial charge in [-0.3, -0.25) is 4.79 Å². The number of anilines is 2. The molecule has 0 aliphatic carbocycles. The highest BCUT2D eigenvalue weighted by atomic mass is 19.1. The number of ether oxygens (including phenoxy) is 1. The van der Waals surface area contributed by atoms with Crippen molar-refractivity contribution >= 4 is 22.7 Å². The van der Waals surface area contributed by atoms with Crippen molar-refractivity contribution in [2.24, 2.45) is 0 Å². The van der Waals surface area contributed by atoms with Gasteiger partial charge in [0.05, 0.1) is 23.7 Å². The quantitative estimate of drug-likeness (QED) is 0.600. The molecule has 0 saturated heterocycles. The van der Waals surface area contributed by atoms with Crippen LogP contribution in [0.2, 0.25) is 0 Å². The largest absolute Gasteiger partial charge is 0.493 e. The maximum atomic E-state index is 13.7. The van der Waals surface area contributed by atoms with E-state index in [1.54, 1.807) is 30.5 Å². The Bertz CT molecular complexity index is 1180. The van der Waals surface area contributed by atoms with E-state index in [1.165, 1.54) is 29.9 Å². The molecular formula is C20H15FN4O2. The van der Waals surface area contributed by atoms with Crippen molar-refractivity contribution < 1.29 is 9.13 Å². The number of benzene rings is 2. The van der Waals surface area contributed by atoms with E-state index in [4.69, 9.17) is 4.74 Å². The van der Waals surface area contributed by atoms with Crippen molar-refractivity contribution in [2.45, 2.75) is 0 Å². The Balaban J connectivity index is 1.98. The van der Waals surface area contributed by atoms with Crippen LogP contribution in [0.4, 0.5) is 16.2 Å². The van der Waals surface area contributed by atoms with Crippen LogP contribution in [-0.4, -0.2) is 21.6 Å². The number of hydrogen-bond donors (Lipinski definition) is 1. The molecule has 0 aliphatic rings. The molecule has 0 fully saturated rings. The molecule has 0 atom stereocenters. The van der Waals surface area contributed by atoms with E-state index in [9.17, 15) is 9.18 Å². The molecule has 0 aliphatic heterocycles. The minimum absolute atomic E-state index is 0.192. The maximum absolute atomic E-state index is 13.7. The van der Waals surface area contributed by atoms with Crippen molar-refractivity contribution in [3.8, 4) is 11.4 Å². The standard InChI is InChI=1S/C20H15FN4O2/c1-27-17-8-5-11-22-18(17)24-20-23-16-10-9-13(21)12-15(16)19(26)25(20)14-6-3-2-4-7-14/h2-12H,1H3,(H,22,23,24). The first-order valence-electron chi connectivity index (χ1n) is 8.21. The highest BCUT2D eigenvalue weighted by molar-refractivity contribution is 5.80. The minimum Gasteiger partial charge on any atom is -0.493 e. The van der Waals surface area contributed by atoms with E-state index < -0.39 is 5.82 Å². The summed E-state index contributed by atoms with van der Waals surface area (Å²) in [6.07, 6.45) is 1.60. The lowest BCUT2D eigenvalue weighted by Crippen LogP contribution is -2.23. The van der Waals surface area contributed by atoms with Crippen LogP contribution in [0.3, 0.4) is 0 Å². The van der Waals surface area contributed by atoms with Gasteiger partial charge >= 0.3 is 0 Å². The number of pyridine rings is 1. The molecular weight excluding hydrogens is 347 g/mol. The van der Waals surface area contributed by atoms with Gasteiger partial charge in [-0.15, -0.1) is 0 Å². The van der Waals surface area contributed by atoms with Crippen LogP contribution in [0, 0.1) is 5.82 Å². The number of para-hydroxylation sites is 1. The van der Waals surface area contributed by atoms with Crippen molar-refractivity contribution in [1.29, 1.82) is 0 Å². The van der Waals surface area contributed by atoms with Crippen LogP contribution >= 0.6 is 0 Å². The van der Waals surface area contributed by atoms with Crippen LogP contribution in [0.1, 0.15) is 0 Å². The van der Waals surface area contributed by atoms with Crippen molar-refractivity contribution in [1.82, 2.24) is 14.5 Å². The zero-order valence-corrected chi connectivity index (χ0v) is 14.4. The van der Waals surface area contributed by atoms with Crippen LogP contribution in [0.15, 0.2) is 71.7 Å². The number of rotatable bonds is 4. The second kappa shape index (κ2) is 6.87. The number of nitrogens with one attached hydrogen (secondary N) is 1. The van der Waals surface area contributed by atoms with Gasteiger partial charge in [0.25, 0.3) is 5.56 Å². The van der Waals surface area contributed by atoms with Gasteiger partial charge in [-0.05, 0) is 42.5 Å². The summed E-state index contributed by atoms with van der Waals surface area (Å²) in [7, 11) is 1.53. The SMILES string of the molecule is COc1cccnc1Nc1nc2ccc(F)cc2c(=O)n1-c1ccccc1. The first-order valence-corrected chi connectivity index (χ1v) is 8.21. The van der Waals surface area contributed by atoms with E-state index in [0.717, 1.165) is 0 Å². The maximum Gasteiger partial charge on any atom is 0.267 e. The highest BCUT2D eigenvalue weighted by Gasteiger charge is 2.15. The number of methoxy groups -OCH3 is 1.